The van der Waals surface area contributed by atoms with E-state index in [9.17, 15) is 4.79 Å². The van der Waals surface area contributed by atoms with Crippen LogP contribution < -0.4 is 10.6 Å². The van der Waals surface area contributed by atoms with Gasteiger partial charge in [0.1, 0.15) is 0 Å². The third kappa shape index (κ3) is 4.66. The fraction of sp³-hybridized carbons (Fsp3) is 0.333. The zero-order chi connectivity index (χ0) is 18.5. The molecule has 0 unspecified atom stereocenters. The largest absolute Gasteiger partial charge is 0.339 e. The number of benzene rings is 1. The van der Waals surface area contributed by atoms with Gasteiger partial charge >= 0.3 is 6.03 Å². The minimum atomic E-state index is -0.278. The molecule has 2 aromatic heterocycles. The Morgan fingerprint density at radius 2 is 2.15 bits per heavy atom. The number of aryl methyl sites for hydroxylation is 1. The third-order valence-corrected chi connectivity index (χ3v) is 4.43. The number of anilines is 1. The molecule has 0 atom stereocenters. The zero-order valence-corrected chi connectivity index (χ0v) is 15.8. The number of hydrogen-bond donors (Lipinski definition) is 2. The zero-order valence-electron chi connectivity index (χ0n) is 14.9. The number of rotatable bonds is 6. The molecule has 0 saturated heterocycles. The molecular weight excluding hydrogens is 350 g/mol. The van der Waals surface area contributed by atoms with Gasteiger partial charge in [-0.05, 0) is 19.1 Å². The topological polar surface area (TPSA) is 92.9 Å². The van der Waals surface area contributed by atoms with Gasteiger partial charge in [-0.1, -0.05) is 31.1 Å². The highest BCUT2D eigenvalue weighted by Crippen LogP contribution is 2.24. The maximum atomic E-state index is 12.1. The highest BCUT2D eigenvalue weighted by Gasteiger charge is 2.10. The molecule has 3 rings (SSSR count). The summed E-state index contributed by atoms with van der Waals surface area (Å²) in [5, 5.41) is 12.5. The quantitative estimate of drug-likeness (QED) is 0.683. The van der Waals surface area contributed by atoms with E-state index in [0.717, 1.165) is 16.3 Å². The molecule has 0 spiro atoms. The number of carbonyl (C=O) groups excluding carboxylic acids is 1. The Bertz CT molecular complexity index is 887. The molecular formula is C18H21N5O2S. The molecule has 26 heavy (non-hydrogen) atoms. The average Bonchev–Trinajstić information content (AvgIpc) is 3.24. The van der Waals surface area contributed by atoms with Crippen LogP contribution in [0.4, 0.5) is 10.5 Å². The first-order valence-corrected chi connectivity index (χ1v) is 9.29. The van der Waals surface area contributed by atoms with E-state index in [4.69, 9.17) is 4.52 Å². The number of carbonyl (C=O) groups is 1. The van der Waals surface area contributed by atoms with Crippen molar-refractivity contribution >= 4 is 23.1 Å². The number of nitrogens with one attached hydrogen (secondary N) is 2. The number of hydrogen-bond acceptors (Lipinski definition) is 6. The summed E-state index contributed by atoms with van der Waals surface area (Å²) in [5.41, 5.74) is 2.60. The van der Waals surface area contributed by atoms with Gasteiger partial charge in [0.2, 0.25) is 5.89 Å². The van der Waals surface area contributed by atoms with E-state index in [-0.39, 0.29) is 11.9 Å². The van der Waals surface area contributed by atoms with Crippen LogP contribution in [-0.2, 0) is 6.42 Å². The van der Waals surface area contributed by atoms with Crippen LogP contribution in [-0.4, -0.2) is 27.7 Å². The number of aromatic nitrogens is 3. The maximum absolute atomic E-state index is 12.1. The van der Waals surface area contributed by atoms with Crippen molar-refractivity contribution < 1.29 is 9.32 Å². The molecule has 2 heterocycles. The molecule has 1 aromatic carbocycles. The minimum absolute atomic E-state index is 0.220. The minimum Gasteiger partial charge on any atom is -0.339 e. The predicted molar refractivity (Wildman–Crippen MR) is 101 cm³/mol. The Morgan fingerprint density at radius 3 is 2.85 bits per heavy atom. The van der Waals surface area contributed by atoms with Crippen LogP contribution >= 0.6 is 11.3 Å². The van der Waals surface area contributed by atoms with Gasteiger partial charge in [-0.25, -0.2) is 9.78 Å². The molecule has 2 amide bonds. The highest BCUT2D eigenvalue weighted by atomic mass is 32.1. The van der Waals surface area contributed by atoms with Crippen LogP contribution in [0.15, 0.2) is 34.2 Å². The molecule has 0 bridgehead atoms. The Balaban J connectivity index is 1.51. The molecule has 2 N–H and O–H groups in total. The average molecular weight is 371 g/mol. The van der Waals surface area contributed by atoms with Crippen molar-refractivity contribution in [2.24, 2.45) is 0 Å². The van der Waals surface area contributed by atoms with Crippen LogP contribution in [0, 0.1) is 6.92 Å². The van der Waals surface area contributed by atoms with Gasteiger partial charge in [0, 0.05) is 35.5 Å². The van der Waals surface area contributed by atoms with Crippen LogP contribution in [0.25, 0.3) is 11.3 Å². The summed E-state index contributed by atoms with van der Waals surface area (Å²) in [4.78, 5) is 20.8. The smallest absolute Gasteiger partial charge is 0.319 e. The van der Waals surface area contributed by atoms with Crippen molar-refractivity contribution in [3.8, 4) is 11.3 Å². The lowest BCUT2D eigenvalue weighted by molar-refractivity contribution is 0.252. The summed E-state index contributed by atoms with van der Waals surface area (Å²) < 4.78 is 5.15. The number of nitrogens with zero attached hydrogens (tertiary/aromatic N) is 3. The first kappa shape index (κ1) is 18.1. The monoisotopic (exact) mass is 371 g/mol. The van der Waals surface area contributed by atoms with Crippen LogP contribution in [0.2, 0.25) is 0 Å². The predicted octanol–water partition coefficient (Wildman–Crippen LogP) is 3.99. The second kappa shape index (κ2) is 8.09. The third-order valence-electron chi connectivity index (χ3n) is 3.66. The molecule has 136 valence electrons. The second-order valence-electron chi connectivity index (χ2n) is 6.16. The summed E-state index contributed by atoms with van der Waals surface area (Å²) >= 11 is 1.60. The molecule has 0 saturated carbocycles. The van der Waals surface area contributed by atoms with Crippen LogP contribution in [0.3, 0.4) is 0 Å². The van der Waals surface area contributed by atoms with E-state index in [0.29, 0.717) is 30.4 Å². The van der Waals surface area contributed by atoms with Gasteiger partial charge in [-0.3, -0.25) is 0 Å². The first-order valence-electron chi connectivity index (χ1n) is 8.41. The lowest BCUT2D eigenvalue weighted by atomic mass is 10.1. The van der Waals surface area contributed by atoms with Crippen molar-refractivity contribution in [2.45, 2.75) is 33.1 Å². The summed E-state index contributed by atoms with van der Waals surface area (Å²) in [6.45, 7) is 6.39. The van der Waals surface area contributed by atoms with Gasteiger partial charge in [0.05, 0.1) is 10.7 Å². The Morgan fingerprint density at radius 1 is 1.31 bits per heavy atom. The molecule has 8 heteroatoms. The van der Waals surface area contributed by atoms with Gasteiger partial charge in [-0.15, -0.1) is 11.3 Å². The fourth-order valence-corrected chi connectivity index (χ4v) is 2.94. The first-order chi connectivity index (χ1) is 12.5. The van der Waals surface area contributed by atoms with Gasteiger partial charge in [0.15, 0.2) is 5.82 Å². The van der Waals surface area contributed by atoms with Crippen molar-refractivity contribution in [1.82, 2.24) is 20.4 Å². The number of urea groups is 1. The van der Waals surface area contributed by atoms with Gasteiger partial charge < -0.3 is 15.2 Å². The van der Waals surface area contributed by atoms with Gasteiger partial charge in [0.25, 0.3) is 0 Å². The SMILES string of the molecule is Cc1nc(-c2cccc(NC(=O)NCCc3nc(C(C)C)no3)c2)cs1. The molecule has 0 radical (unpaired) electrons. The van der Waals surface area contributed by atoms with Gasteiger partial charge in [-0.2, -0.15) is 4.98 Å². The van der Waals surface area contributed by atoms with E-state index in [1.165, 1.54) is 0 Å². The second-order valence-corrected chi connectivity index (χ2v) is 7.23. The van der Waals surface area contributed by atoms with E-state index >= 15 is 0 Å². The summed E-state index contributed by atoms with van der Waals surface area (Å²) in [6.07, 6.45) is 0.491. The van der Waals surface area contributed by atoms with Crippen molar-refractivity contribution in [2.75, 3.05) is 11.9 Å². The standard InChI is InChI=1S/C18H21N5O2S/c1-11(2)17-22-16(25-23-17)7-8-19-18(24)21-14-6-4-5-13(9-14)15-10-26-12(3)20-15/h4-6,9-11H,7-8H2,1-3H3,(H2,19,21,24). The van der Waals surface area contributed by atoms with Crippen molar-refractivity contribution in [3.63, 3.8) is 0 Å². The fourth-order valence-electron chi connectivity index (χ4n) is 2.31. The lowest BCUT2D eigenvalue weighted by Crippen LogP contribution is -2.30. The Kier molecular flexibility index (Phi) is 5.62. The summed E-state index contributed by atoms with van der Waals surface area (Å²) in [5.74, 6) is 1.42. The van der Waals surface area contributed by atoms with E-state index in [1.54, 1.807) is 11.3 Å². The van der Waals surface area contributed by atoms with Crippen molar-refractivity contribution in [3.05, 3.63) is 46.4 Å². The molecule has 0 aliphatic heterocycles. The Hall–Kier alpha value is -2.74. The van der Waals surface area contributed by atoms with E-state index in [2.05, 4.69) is 25.8 Å². The van der Waals surface area contributed by atoms with Crippen molar-refractivity contribution in [1.29, 1.82) is 0 Å². The maximum Gasteiger partial charge on any atom is 0.319 e. The molecule has 0 aliphatic rings. The number of amides is 2. The normalized spacial score (nSPS) is 10.9. The molecule has 0 aliphatic carbocycles. The van der Waals surface area contributed by atoms with Crippen LogP contribution in [0.1, 0.15) is 36.5 Å². The highest BCUT2D eigenvalue weighted by molar-refractivity contribution is 7.09. The number of thiazole rings is 1. The molecule has 7 nitrogen and oxygen atoms in total. The molecule has 0 fully saturated rings. The lowest BCUT2D eigenvalue weighted by Gasteiger charge is -2.07. The molecule has 3 aromatic rings. The van der Waals surface area contributed by atoms with Crippen LogP contribution in [0.5, 0.6) is 0 Å². The van der Waals surface area contributed by atoms with E-state index in [1.807, 2.05) is 50.4 Å². The Labute approximate surface area is 155 Å². The summed E-state index contributed by atoms with van der Waals surface area (Å²) in [6, 6.07) is 7.33. The summed E-state index contributed by atoms with van der Waals surface area (Å²) in [7, 11) is 0. The van der Waals surface area contributed by atoms with E-state index < -0.39 is 0 Å².